The van der Waals surface area contributed by atoms with Crippen LogP contribution < -0.4 is 15.0 Å². The molecule has 0 radical (unpaired) electrons. The van der Waals surface area contributed by atoms with Crippen LogP contribution in [0.2, 0.25) is 0 Å². The van der Waals surface area contributed by atoms with Gasteiger partial charge in [0.15, 0.2) is 0 Å². The lowest BCUT2D eigenvalue weighted by Gasteiger charge is -2.32. The van der Waals surface area contributed by atoms with Crippen LogP contribution in [-0.2, 0) is 0 Å². The molecule has 1 aliphatic carbocycles. The second-order valence-corrected chi connectivity index (χ2v) is 11.7. The molecule has 2 aromatic carbocycles. The van der Waals surface area contributed by atoms with Crippen molar-refractivity contribution in [2.75, 3.05) is 14.1 Å². The maximum atomic E-state index is 13.5. The number of hydrogen-bond donors (Lipinski definition) is 1. The molecule has 0 atom stereocenters. The number of pyridine rings is 1. The molecule has 0 amide bonds. The number of aliphatic hydroxyl groups is 1. The van der Waals surface area contributed by atoms with Gasteiger partial charge in [-0.15, -0.1) is 11.3 Å². The van der Waals surface area contributed by atoms with E-state index in [1.54, 1.807) is 10.8 Å². The molecular weight excluding hydrogens is 573 g/mol. The van der Waals surface area contributed by atoms with Gasteiger partial charge in [0.05, 0.1) is 21.1 Å². The zero-order chi connectivity index (χ0) is 27.1. The van der Waals surface area contributed by atoms with Crippen LogP contribution in [0.15, 0.2) is 65.6 Å². The molecule has 1 fully saturated rings. The normalized spacial score (nSPS) is 17.8. The molecule has 3 heterocycles. The minimum absolute atomic E-state index is 0. The zero-order valence-corrected chi connectivity index (χ0v) is 26.2. The number of aromatic nitrogens is 3. The number of nitrogens with zero attached hydrogens (tertiary/aromatic N) is 4. The van der Waals surface area contributed by atoms with Gasteiger partial charge in [0, 0.05) is 18.7 Å². The van der Waals surface area contributed by atoms with E-state index in [2.05, 4.69) is 29.0 Å². The van der Waals surface area contributed by atoms with E-state index in [-0.39, 0.29) is 32.7 Å². The zero-order valence-electron chi connectivity index (χ0n) is 23.4. The number of rotatable bonds is 6. The lowest BCUT2D eigenvalue weighted by Crippen LogP contribution is -2.32. The SMILES string of the molecule is Cc1cc(Oc2ccccc2)ccc1-n1c(=O)nc2c(=C(O)CC3CCC(N(C)C)CC3)sc3nccc1c32.S.S. The summed E-state index contributed by atoms with van der Waals surface area (Å²) in [5.41, 5.74) is 2.52. The van der Waals surface area contributed by atoms with Crippen molar-refractivity contribution in [2.45, 2.75) is 45.1 Å². The smallest absolute Gasteiger partial charge is 0.353 e. The third-order valence-corrected chi connectivity index (χ3v) is 9.00. The second-order valence-electron chi connectivity index (χ2n) is 10.7. The topological polar surface area (TPSA) is 80.5 Å². The van der Waals surface area contributed by atoms with Crippen molar-refractivity contribution in [3.05, 3.63) is 81.4 Å². The maximum absolute atomic E-state index is 13.5. The van der Waals surface area contributed by atoms with Crippen molar-refractivity contribution in [1.29, 1.82) is 0 Å². The van der Waals surface area contributed by atoms with E-state index in [1.165, 1.54) is 11.3 Å². The molecule has 1 saturated carbocycles. The van der Waals surface area contributed by atoms with Crippen LogP contribution in [0.4, 0.5) is 0 Å². The molecule has 3 aromatic heterocycles. The van der Waals surface area contributed by atoms with Gasteiger partial charge in [0.25, 0.3) is 0 Å². The summed E-state index contributed by atoms with van der Waals surface area (Å²) in [4.78, 5) is 25.6. The second kappa shape index (κ2) is 12.9. The van der Waals surface area contributed by atoms with Crippen LogP contribution >= 0.6 is 38.3 Å². The summed E-state index contributed by atoms with van der Waals surface area (Å²) in [6, 6.07) is 17.7. The predicted octanol–water partition coefficient (Wildman–Crippen LogP) is 6.22. The molecule has 0 bridgehead atoms. The third kappa shape index (κ3) is 6.11. The Labute approximate surface area is 257 Å². The van der Waals surface area contributed by atoms with Crippen molar-refractivity contribution < 1.29 is 9.84 Å². The number of benzene rings is 2. The first-order valence-electron chi connectivity index (χ1n) is 13.4. The first kappa shape index (κ1) is 30.9. The van der Waals surface area contributed by atoms with Crippen LogP contribution in [-0.4, -0.2) is 44.7 Å². The highest BCUT2D eigenvalue weighted by Crippen LogP contribution is 2.33. The van der Waals surface area contributed by atoms with Gasteiger partial charge in [-0.05, 0) is 94.6 Å². The van der Waals surface area contributed by atoms with Crippen LogP contribution in [0.25, 0.3) is 32.7 Å². The lowest BCUT2D eigenvalue weighted by atomic mass is 9.83. The van der Waals surface area contributed by atoms with Crippen molar-refractivity contribution >= 4 is 65.3 Å². The minimum atomic E-state index is -0.381. The fraction of sp³-hybridized carbons (Fsp3) is 0.323. The average molecular weight is 609 g/mol. The molecule has 0 unspecified atom stereocenters. The molecule has 6 rings (SSSR count). The largest absolute Gasteiger partial charge is 0.511 e. The Bertz CT molecular complexity index is 1760. The standard InChI is InChI=1S/C31H32N4O3S.2H2S/c1-19-17-23(38-22-7-5-4-6-8-22)13-14-24(19)35-25-15-16-32-30-27(25)28(33-31(35)37)29(39-30)26(36)18-20-9-11-21(12-10-20)34(2)3;;/h4-8,13-17,20-21,36H,9-12,18H2,1-3H3;2*1H2. The van der Waals surface area contributed by atoms with Crippen molar-refractivity contribution in [2.24, 2.45) is 5.92 Å². The Morgan fingerprint density at radius 3 is 2.46 bits per heavy atom. The highest BCUT2D eigenvalue weighted by Gasteiger charge is 2.24. The molecule has 1 aliphatic rings. The van der Waals surface area contributed by atoms with E-state index in [0.717, 1.165) is 58.4 Å². The van der Waals surface area contributed by atoms with E-state index in [1.807, 2.05) is 61.5 Å². The molecule has 216 valence electrons. The fourth-order valence-electron chi connectivity index (χ4n) is 5.76. The van der Waals surface area contributed by atoms with Gasteiger partial charge in [-0.25, -0.2) is 9.78 Å². The molecular formula is C31H36N4O3S3. The molecule has 0 spiro atoms. The Balaban J connectivity index is 0.00000194. The number of aliphatic hydroxyl groups excluding tert-OH is 1. The molecule has 7 nitrogen and oxygen atoms in total. The molecule has 10 heteroatoms. The number of ether oxygens (including phenoxy) is 1. The van der Waals surface area contributed by atoms with Gasteiger partial charge in [0.1, 0.15) is 27.6 Å². The van der Waals surface area contributed by atoms with Gasteiger partial charge in [-0.1, -0.05) is 18.2 Å². The summed E-state index contributed by atoms with van der Waals surface area (Å²) < 4.78 is 8.28. The van der Waals surface area contributed by atoms with E-state index < -0.39 is 0 Å². The molecule has 0 saturated heterocycles. The number of hydrogen-bond acceptors (Lipinski definition) is 7. The third-order valence-electron chi connectivity index (χ3n) is 7.86. The predicted molar refractivity (Wildman–Crippen MR) is 178 cm³/mol. The Kier molecular flexibility index (Phi) is 9.69. The summed E-state index contributed by atoms with van der Waals surface area (Å²) >= 11 is 1.41. The monoisotopic (exact) mass is 608 g/mol. The van der Waals surface area contributed by atoms with Crippen molar-refractivity contribution in [1.82, 2.24) is 19.4 Å². The maximum Gasteiger partial charge on any atom is 0.353 e. The minimum Gasteiger partial charge on any atom is -0.511 e. The molecule has 41 heavy (non-hydrogen) atoms. The van der Waals surface area contributed by atoms with Gasteiger partial charge >= 0.3 is 5.69 Å². The van der Waals surface area contributed by atoms with Crippen LogP contribution in [0.3, 0.4) is 0 Å². The Hall–Kier alpha value is -3.05. The van der Waals surface area contributed by atoms with Crippen LogP contribution in [0.1, 0.15) is 37.7 Å². The summed E-state index contributed by atoms with van der Waals surface area (Å²) in [7, 11) is 4.27. The van der Waals surface area contributed by atoms with Gasteiger partial charge in [-0.2, -0.15) is 32.0 Å². The van der Waals surface area contributed by atoms with Crippen molar-refractivity contribution in [3.8, 4) is 17.2 Å². The summed E-state index contributed by atoms with van der Waals surface area (Å²) in [6.07, 6.45) is 6.78. The first-order chi connectivity index (χ1) is 18.9. The summed E-state index contributed by atoms with van der Waals surface area (Å²) in [5.74, 6) is 2.19. The number of aryl methyl sites for hydroxylation is 1. The van der Waals surface area contributed by atoms with Crippen LogP contribution in [0.5, 0.6) is 11.5 Å². The fourth-order valence-corrected chi connectivity index (χ4v) is 6.82. The van der Waals surface area contributed by atoms with E-state index in [9.17, 15) is 9.90 Å². The number of thiophene rings is 1. The van der Waals surface area contributed by atoms with E-state index in [0.29, 0.717) is 39.9 Å². The molecule has 0 aliphatic heterocycles. The highest BCUT2D eigenvalue weighted by molar-refractivity contribution is 7.59. The number of para-hydroxylation sites is 1. The van der Waals surface area contributed by atoms with Crippen molar-refractivity contribution in [3.63, 3.8) is 0 Å². The van der Waals surface area contributed by atoms with E-state index >= 15 is 0 Å². The summed E-state index contributed by atoms with van der Waals surface area (Å²) in [5, 5.41) is 12.0. The molecule has 1 N–H and O–H groups in total. The lowest BCUT2D eigenvalue weighted by molar-refractivity contribution is 0.191. The van der Waals surface area contributed by atoms with E-state index in [4.69, 9.17) is 4.74 Å². The average Bonchev–Trinajstić information content (AvgIpc) is 3.30. The quantitative estimate of drug-likeness (QED) is 0.247. The summed E-state index contributed by atoms with van der Waals surface area (Å²) in [6.45, 7) is 1.96. The van der Waals surface area contributed by atoms with Gasteiger partial charge in [0.2, 0.25) is 0 Å². The van der Waals surface area contributed by atoms with Crippen LogP contribution in [0, 0.1) is 12.8 Å². The highest BCUT2D eigenvalue weighted by atomic mass is 32.1. The Morgan fingerprint density at radius 1 is 1.05 bits per heavy atom. The molecule has 5 aromatic rings. The van der Waals surface area contributed by atoms with Gasteiger partial charge in [-0.3, -0.25) is 4.57 Å². The van der Waals surface area contributed by atoms with Gasteiger partial charge < -0.3 is 14.7 Å². The Morgan fingerprint density at radius 2 is 1.78 bits per heavy atom. The first-order valence-corrected chi connectivity index (χ1v) is 14.2.